The van der Waals surface area contributed by atoms with Crippen LogP contribution in [0.4, 0.5) is 11.4 Å². The van der Waals surface area contributed by atoms with Crippen LogP contribution < -0.4 is 10.6 Å². The summed E-state index contributed by atoms with van der Waals surface area (Å²) < 4.78 is 0. The maximum atomic E-state index is 4.11. The summed E-state index contributed by atoms with van der Waals surface area (Å²) in [5, 5.41) is 6.36. The van der Waals surface area contributed by atoms with Gasteiger partial charge in [-0.05, 0) is 20.2 Å². The van der Waals surface area contributed by atoms with Crippen LogP contribution in [0.3, 0.4) is 0 Å². The molecule has 0 aliphatic rings. The molecular formula is C10H18N4. The lowest BCUT2D eigenvalue weighted by molar-refractivity contribution is 0.425. The molecule has 0 saturated heterocycles. The molecule has 0 amide bonds. The number of aromatic nitrogens is 1. The van der Waals surface area contributed by atoms with Crippen molar-refractivity contribution in [2.45, 2.75) is 0 Å². The van der Waals surface area contributed by atoms with Crippen molar-refractivity contribution in [2.75, 3.05) is 44.9 Å². The van der Waals surface area contributed by atoms with Crippen LogP contribution in [0.2, 0.25) is 0 Å². The van der Waals surface area contributed by atoms with Gasteiger partial charge in [-0.3, -0.25) is 4.98 Å². The van der Waals surface area contributed by atoms with Crippen molar-refractivity contribution in [3.63, 3.8) is 0 Å². The van der Waals surface area contributed by atoms with E-state index < -0.39 is 0 Å². The van der Waals surface area contributed by atoms with Gasteiger partial charge in [-0.15, -0.1) is 0 Å². The van der Waals surface area contributed by atoms with Crippen LogP contribution in [0.1, 0.15) is 0 Å². The first kappa shape index (κ1) is 10.8. The third-order valence-electron chi connectivity index (χ3n) is 1.92. The first-order valence-electron chi connectivity index (χ1n) is 4.74. The second-order valence-corrected chi connectivity index (χ2v) is 3.44. The van der Waals surface area contributed by atoms with Gasteiger partial charge in [0.1, 0.15) is 0 Å². The highest BCUT2D eigenvalue weighted by Crippen LogP contribution is 2.11. The van der Waals surface area contributed by atoms with E-state index in [1.165, 1.54) is 0 Å². The monoisotopic (exact) mass is 194 g/mol. The summed E-state index contributed by atoms with van der Waals surface area (Å²) in [5.74, 6) is 0. The molecule has 0 bridgehead atoms. The SMILES string of the molecule is CNc1cncc(NCCN(C)C)c1. The number of anilines is 2. The second-order valence-electron chi connectivity index (χ2n) is 3.44. The second kappa shape index (κ2) is 5.44. The minimum absolute atomic E-state index is 0.932. The smallest absolute Gasteiger partial charge is 0.0547 e. The summed E-state index contributed by atoms with van der Waals surface area (Å²) in [4.78, 5) is 6.26. The van der Waals surface area contributed by atoms with Gasteiger partial charge in [0.2, 0.25) is 0 Å². The Morgan fingerprint density at radius 3 is 2.64 bits per heavy atom. The van der Waals surface area contributed by atoms with Gasteiger partial charge in [0, 0.05) is 20.1 Å². The molecule has 1 aromatic rings. The first-order valence-corrected chi connectivity index (χ1v) is 4.74. The Hall–Kier alpha value is -1.29. The van der Waals surface area contributed by atoms with E-state index in [1.807, 2.05) is 19.3 Å². The fourth-order valence-electron chi connectivity index (χ4n) is 1.10. The van der Waals surface area contributed by atoms with Crippen LogP contribution in [-0.4, -0.2) is 44.1 Å². The van der Waals surface area contributed by atoms with Crippen LogP contribution in [0, 0.1) is 0 Å². The van der Waals surface area contributed by atoms with Gasteiger partial charge in [0.25, 0.3) is 0 Å². The van der Waals surface area contributed by atoms with E-state index in [0.717, 1.165) is 24.5 Å². The van der Waals surface area contributed by atoms with Crippen molar-refractivity contribution in [2.24, 2.45) is 0 Å². The maximum Gasteiger partial charge on any atom is 0.0547 e. The molecule has 0 aromatic carbocycles. The third kappa shape index (κ3) is 3.62. The van der Waals surface area contributed by atoms with Crippen molar-refractivity contribution in [1.82, 2.24) is 9.88 Å². The van der Waals surface area contributed by atoms with Crippen LogP contribution >= 0.6 is 0 Å². The van der Waals surface area contributed by atoms with E-state index in [2.05, 4.69) is 34.6 Å². The van der Waals surface area contributed by atoms with Crippen molar-refractivity contribution in [3.8, 4) is 0 Å². The van der Waals surface area contributed by atoms with Crippen molar-refractivity contribution < 1.29 is 0 Å². The Morgan fingerprint density at radius 2 is 2.00 bits per heavy atom. The minimum atomic E-state index is 0.932. The van der Waals surface area contributed by atoms with Gasteiger partial charge in [-0.2, -0.15) is 0 Å². The Kier molecular flexibility index (Phi) is 4.19. The molecule has 1 aromatic heterocycles. The van der Waals surface area contributed by atoms with Crippen molar-refractivity contribution in [1.29, 1.82) is 0 Å². The van der Waals surface area contributed by atoms with E-state index >= 15 is 0 Å². The lowest BCUT2D eigenvalue weighted by atomic mass is 10.3. The van der Waals surface area contributed by atoms with E-state index in [-0.39, 0.29) is 0 Å². The fraction of sp³-hybridized carbons (Fsp3) is 0.500. The molecular weight excluding hydrogens is 176 g/mol. The van der Waals surface area contributed by atoms with Crippen LogP contribution in [0.25, 0.3) is 0 Å². The molecule has 1 rings (SSSR count). The zero-order valence-corrected chi connectivity index (χ0v) is 9.04. The summed E-state index contributed by atoms with van der Waals surface area (Å²) in [5.41, 5.74) is 2.08. The van der Waals surface area contributed by atoms with Gasteiger partial charge in [0.15, 0.2) is 0 Å². The molecule has 0 spiro atoms. The topological polar surface area (TPSA) is 40.2 Å². The van der Waals surface area contributed by atoms with E-state index in [0.29, 0.717) is 0 Å². The molecule has 78 valence electrons. The van der Waals surface area contributed by atoms with Gasteiger partial charge in [-0.25, -0.2) is 0 Å². The lowest BCUT2D eigenvalue weighted by Gasteiger charge is -2.11. The summed E-state index contributed by atoms with van der Waals surface area (Å²) in [6.45, 7) is 1.95. The number of nitrogens with one attached hydrogen (secondary N) is 2. The molecule has 0 unspecified atom stereocenters. The Balaban J connectivity index is 2.42. The largest absolute Gasteiger partial charge is 0.387 e. The molecule has 4 nitrogen and oxygen atoms in total. The molecule has 1 heterocycles. The Labute approximate surface area is 85.3 Å². The number of hydrogen-bond donors (Lipinski definition) is 2. The van der Waals surface area contributed by atoms with Gasteiger partial charge < -0.3 is 15.5 Å². The number of hydrogen-bond acceptors (Lipinski definition) is 4. The Bertz CT molecular complexity index is 273. The maximum absolute atomic E-state index is 4.11. The average molecular weight is 194 g/mol. The molecule has 0 atom stereocenters. The first-order chi connectivity index (χ1) is 6.72. The van der Waals surface area contributed by atoms with Crippen LogP contribution in [0.5, 0.6) is 0 Å². The molecule has 0 saturated carbocycles. The van der Waals surface area contributed by atoms with Gasteiger partial charge in [0.05, 0.1) is 23.8 Å². The molecule has 14 heavy (non-hydrogen) atoms. The van der Waals surface area contributed by atoms with Crippen LogP contribution in [0.15, 0.2) is 18.5 Å². The lowest BCUT2D eigenvalue weighted by Crippen LogP contribution is -2.20. The highest BCUT2D eigenvalue weighted by molar-refractivity contribution is 5.53. The highest BCUT2D eigenvalue weighted by Gasteiger charge is 1.94. The summed E-state index contributed by atoms with van der Waals surface area (Å²) >= 11 is 0. The third-order valence-corrected chi connectivity index (χ3v) is 1.92. The molecule has 0 aliphatic heterocycles. The van der Waals surface area contributed by atoms with Gasteiger partial charge >= 0.3 is 0 Å². The normalized spacial score (nSPS) is 10.3. The molecule has 0 fully saturated rings. The average Bonchev–Trinajstić information content (AvgIpc) is 2.18. The zero-order valence-electron chi connectivity index (χ0n) is 9.04. The minimum Gasteiger partial charge on any atom is -0.387 e. The van der Waals surface area contributed by atoms with E-state index in [9.17, 15) is 0 Å². The Morgan fingerprint density at radius 1 is 1.29 bits per heavy atom. The van der Waals surface area contributed by atoms with Crippen LogP contribution in [-0.2, 0) is 0 Å². The number of nitrogens with zero attached hydrogens (tertiary/aromatic N) is 2. The summed E-state index contributed by atoms with van der Waals surface area (Å²) in [6, 6.07) is 2.04. The highest BCUT2D eigenvalue weighted by atomic mass is 15.1. The molecule has 0 radical (unpaired) electrons. The quantitative estimate of drug-likeness (QED) is 0.736. The number of pyridine rings is 1. The predicted molar refractivity (Wildman–Crippen MR) is 60.8 cm³/mol. The summed E-state index contributed by atoms with van der Waals surface area (Å²) in [6.07, 6.45) is 3.63. The summed E-state index contributed by atoms with van der Waals surface area (Å²) in [7, 11) is 6.01. The fourth-order valence-corrected chi connectivity index (χ4v) is 1.10. The van der Waals surface area contributed by atoms with Crippen molar-refractivity contribution in [3.05, 3.63) is 18.5 Å². The zero-order chi connectivity index (χ0) is 10.4. The number of rotatable bonds is 5. The standard InChI is InChI=1S/C10H18N4/c1-11-9-6-10(8-12-7-9)13-4-5-14(2)3/h6-8,11,13H,4-5H2,1-3H3. The van der Waals surface area contributed by atoms with E-state index in [1.54, 1.807) is 6.20 Å². The predicted octanol–water partition coefficient (Wildman–Crippen LogP) is 1.10. The molecule has 0 aliphatic carbocycles. The molecule has 2 N–H and O–H groups in total. The molecule has 4 heteroatoms. The van der Waals surface area contributed by atoms with E-state index in [4.69, 9.17) is 0 Å². The number of likely N-dealkylation sites (N-methyl/N-ethyl adjacent to an activating group) is 1. The van der Waals surface area contributed by atoms with Crippen molar-refractivity contribution >= 4 is 11.4 Å². The van der Waals surface area contributed by atoms with Gasteiger partial charge in [-0.1, -0.05) is 0 Å².